The highest BCUT2D eigenvalue weighted by molar-refractivity contribution is 6.42. The van der Waals surface area contributed by atoms with Gasteiger partial charge in [-0.05, 0) is 38.0 Å². The van der Waals surface area contributed by atoms with Gasteiger partial charge in [-0.15, -0.1) is 0 Å². The number of nitrogens with one attached hydrogen (secondary N) is 2. The number of halogens is 2. The maximum atomic E-state index is 12.8. The van der Waals surface area contributed by atoms with Gasteiger partial charge in [-0.1, -0.05) is 41.4 Å². The first kappa shape index (κ1) is 24.5. The molecular weight excluding hydrogens is 477 g/mol. The Hall–Kier alpha value is -2.58. The molecule has 180 valence electrons. The van der Waals surface area contributed by atoms with Crippen LogP contribution in [0.3, 0.4) is 0 Å². The molecule has 1 atom stereocenters. The van der Waals surface area contributed by atoms with Crippen molar-refractivity contribution in [2.45, 2.75) is 31.5 Å². The first-order chi connectivity index (χ1) is 16.2. The minimum Gasteiger partial charge on any atom is -0.490 e. The number of aromatic amines is 1. The second-order valence-corrected chi connectivity index (χ2v) is 9.74. The van der Waals surface area contributed by atoms with Gasteiger partial charge in [-0.2, -0.15) is 0 Å². The zero-order valence-corrected chi connectivity index (χ0v) is 20.3. The molecule has 1 aromatic heterocycles. The third kappa shape index (κ3) is 5.91. The van der Waals surface area contributed by atoms with Crippen LogP contribution in [0, 0.1) is 0 Å². The van der Waals surface area contributed by atoms with E-state index in [1.54, 1.807) is 49.4 Å². The third-order valence-electron chi connectivity index (χ3n) is 5.98. The highest BCUT2D eigenvalue weighted by Gasteiger charge is 2.29. The van der Waals surface area contributed by atoms with Gasteiger partial charge in [0.05, 0.1) is 21.2 Å². The third-order valence-corrected chi connectivity index (χ3v) is 6.72. The number of carbonyl (C=O) groups excluding carboxylic acids is 1. The van der Waals surface area contributed by atoms with E-state index in [2.05, 4.69) is 15.2 Å². The largest absolute Gasteiger partial charge is 0.490 e. The van der Waals surface area contributed by atoms with Gasteiger partial charge < -0.3 is 25.0 Å². The lowest BCUT2D eigenvalue weighted by molar-refractivity contribution is 0.00229. The molecule has 0 bridgehead atoms. The number of carbonyl (C=O) groups is 1. The molecule has 1 aliphatic rings. The van der Waals surface area contributed by atoms with E-state index in [9.17, 15) is 14.7 Å². The van der Waals surface area contributed by atoms with Gasteiger partial charge in [-0.25, -0.2) is 0 Å². The normalized spacial score (nSPS) is 16.8. The second kappa shape index (κ2) is 10.4. The number of aromatic nitrogens is 1. The molecule has 1 saturated heterocycles. The van der Waals surface area contributed by atoms with E-state index >= 15 is 0 Å². The molecule has 9 heteroatoms. The van der Waals surface area contributed by atoms with E-state index in [-0.39, 0.29) is 24.1 Å². The lowest BCUT2D eigenvalue weighted by Crippen LogP contribution is -2.51. The van der Waals surface area contributed by atoms with Crippen molar-refractivity contribution >= 4 is 39.9 Å². The molecule has 2 aromatic carbocycles. The van der Waals surface area contributed by atoms with Gasteiger partial charge in [0.25, 0.3) is 11.5 Å². The molecule has 1 aliphatic heterocycles. The number of hydrogen-bond donors (Lipinski definition) is 3. The summed E-state index contributed by atoms with van der Waals surface area (Å²) >= 11 is 12.0. The van der Waals surface area contributed by atoms with Crippen LogP contribution >= 0.6 is 23.2 Å². The first-order valence-corrected chi connectivity index (χ1v) is 11.9. The highest BCUT2D eigenvalue weighted by atomic mass is 35.5. The van der Waals surface area contributed by atoms with Crippen LogP contribution < -0.4 is 15.6 Å². The molecule has 4 rings (SSSR count). The lowest BCUT2D eigenvalue weighted by Gasteiger charge is -2.36. The smallest absolute Gasteiger partial charge is 0.255 e. The van der Waals surface area contributed by atoms with E-state index in [0.717, 1.165) is 25.9 Å². The fraction of sp³-hybridized carbons (Fsp3) is 0.360. The van der Waals surface area contributed by atoms with E-state index in [0.29, 0.717) is 38.7 Å². The fourth-order valence-electron chi connectivity index (χ4n) is 4.23. The number of aliphatic hydroxyl groups is 1. The van der Waals surface area contributed by atoms with Crippen molar-refractivity contribution in [1.29, 1.82) is 0 Å². The molecule has 34 heavy (non-hydrogen) atoms. The SMILES string of the molecule is C[C@@](O)(CNC(=O)c1c[nH]c(=O)c2ccccc12)CN1CCC(Oc2ccc(Cl)c(Cl)c2)CC1. The average Bonchev–Trinajstić information content (AvgIpc) is 2.81. The number of hydrogen-bond acceptors (Lipinski definition) is 5. The summed E-state index contributed by atoms with van der Waals surface area (Å²) in [6.45, 7) is 3.73. The summed E-state index contributed by atoms with van der Waals surface area (Å²) in [4.78, 5) is 29.5. The summed E-state index contributed by atoms with van der Waals surface area (Å²) in [6.07, 6.45) is 3.09. The van der Waals surface area contributed by atoms with Crippen molar-refractivity contribution in [3.8, 4) is 5.75 Å². The molecule has 7 nitrogen and oxygen atoms in total. The summed E-state index contributed by atoms with van der Waals surface area (Å²) in [5.74, 6) is 0.346. The molecule has 2 heterocycles. The van der Waals surface area contributed by atoms with Crippen molar-refractivity contribution in [3.63, 3.8) is 0 Å². The zero-order chi connectivity index (χ0) is 24.3. The van der Waals surface area contributed by atoms with Crippen LogP contribution in [0.2, 0.25) is 10.0 Å². The number of piperidine rings is 1. The number of H-pyrrole nitrogens is 1. The maximum Gasteiger partial charge on any atom is 0.255 e. The van der Waals surface area contributed by atoms with Gasteiger partial charge >= 0.3 is 0 Å². The summed E-state index contributed by atoms with van der Waals surface area (Å²) in [5.41, 5.74) is -0.998. The van der Waals surface area contributed by atoms with Crippen LogP contribution in [-0.2, 0) is 0 Å². The second-order valence-electron chi connectivity index (χ2n) is 8.93. The predicted molar refractivity (Wildman–Crippen MR) is 134 cm³/mol. The predicted octanol–water partition coefficient (Wildman–Crippen LogP) is 3.86. The Bertz CT molecular complexity index is 1240. The Labute approximate surface area is 207 Å². The van der Waals surface area contributed by atoms with Gasteiger partial charge in [0.2, 0.25) is 0 Å². The minimum absolute atomic E-state index is 0.0617. The summed E-state index contributed by atoms with van der Waals surface area (Å²) in [5, 5.41) is 15.7. The van der Waals surface area contributed by atoms with Crippen molar-refractivity contribution in [3.05, 3.63) is 74.6 Å². The van der Waals surface area contributed by atoms with Gasteiger partial charge in [0.1, 0.15) is 11.9 Å². The number of pyridine rings is 1. The molecule has 0 aliphatic carbocycles. The van der Waals surface area contributed by atoms with E-state index < -0.39 is 5.60 Å². The zero-order valence-electron chi connectivity index (χ0n) is 18.8. The average molecular weight is 504 g/mol. The summed E-state index contributed by atoms with van der Waals surface area (Å²) < 4.78 is 6.03. The molecule has 1 amide bonds. The number of ether oxygens (including phenoxy) is 1. The Kier molecular flexibility index (Phi) is 7.48. The topological polar surface area (TPSA) is 94.7 Å². The van der Waals surface area contributed by atoms with Crippen molar-refractivity contribution in [2.24, 2.45) is 0 Å². The lowest BCUT2D eigenvalue weighted by atomic mass is 10.0. The Morgan fingerprint density at radius 3 is 2.59 bits per heavy atom. The standard InChI is InChI=1S/C25H27Cl2N3O4/c1-25(33,14-29-24(32)20-13-28-23(31)19-5-3-2-4-18(19)20)15-30-10-8-16(9-11-30)34-17-6-7-21(26)22(27)12-17/h2-7,12-13,16,33H,8-11,14-15H2,1H3,(H,28,31)(H,29,32)/t25-/m1/s1. The molecule has 0 spiro atoms. The molecule has 0 unspecified atom stereocenters. The molecule has 0 saturated carbocycles. The molecule has 1 fully saturated rings. The van der Waals surface area contributed by atoms with Crippen LogP contribution in [0.4, 0.5) is 0 Å². The van der Waals surface area contributed by atoms with Crippen LogP contribution in [0.5, 0.6) is 5.75 Å². The molecule has 0 radical (unpaired) electrons. The van der Waals surface area contributed by atoms with Crippen LogP contribution in [-0.4, -0.2) is 58.8 Å². The van der Waals surface area contributed by atoms with Crippen molar-refractivity contribution < 1.29 is 14.6 Å². The number of benzene rings is 2. The van der Waals surface area contributed by atoms with Crippen molar-refractivity contribution in [1.82, 2.24) is 15.2 Å². The quantitative estimate of drug-likeness (QED) is 0.455. The van der Waals surface area contributed by atoms with Crippen LogP contribution in [0.25, 0.3) is 10.8 Å². The number of fused-ring (bicyclic) bond motifs is 1. The van der Waals surface area contributed by atoms with E-state index in [4.69, 9.17) is 27.9 Å². The first-order valence-electron chi connectivity index (χ1n) is 11.2. The van der Waals surface area contributed by atoms with Crippen LogP contribution in [0.15, 0.2) is 53.5 Å². The Morgan fingerprint density at radius 1 is 1.18 bits per heavy atom. The number of amides is 1. The Balaban J connectivity index is 1.28. The number of rotatable bonds is 7. The molecule has 3 N–H and O–H groups in total. The molecular formula is C25H27Cl2N3O4. The maximum absolute atomic E-state index is 12.8. The number of nitrogens with zero attached hydrogens (tertiary/aromatic N) is 1. The monoisotopic (exact) mass is 503 g/mol. The van der Waals surface area contributed by atoms with Gasteiger partial charge in [-0.3, -0.25) is 9.59 Å². The minimum atomic E-state index is -1.12. The summed E-state index contributed by atoms with van der Waals surface area (Å²) in [7, 11) is 0. The molecule has 3 aromatic rings. The van der Waals surface area contributed by atoms with Gasteiger partial charge in [0, 0.05) is 49.2 Å². The van der Waals surface area contributed by atoms with Gasteiger partial charge in [0.15, 0.2) is 0 Å². The number of β-amino-alcohol motifs (C(OH)–C–C–N with tert-alkyl or cyclic N) is 1. The van der Waals surface area contributed by atoms with E-state index in [1.165, 1.54) is 6.20 Å². The number of likely N-dealkylation sites (tertiary alicyclic amines) is 1. The van der Waals surface area contributed by atoms with Crippen LogP contribution in [0.1, 0.15) is 30.1 Å². The van der Waals surface area contributed by atoms with E-state index in [1.807, 2.05) is 0 Å². The Morgan fingerprint density at radius 2 is 1.88 bits per heavy atom. The summed E-state index contributed by atoms with van der Waals surface area (Å²) in [6, 6.07) is 12.2. The van der Waals surface area contributed by atoms with Crippen molar-refractivity contribution in [2.75, 3.05) is 26.2 Å². The highest BCUT2D eigenvalue weighted by Crippen LogP contribution is 2.28. The fourth-order valence-corrected chi connectivity index (χ4v) is 4.52.